The molecule has 0 unspecified atom stereocenters. The van der Waals surface area contributed by atoms with E-state index in [2.05, 4.69) is 17.4 Å². The lowest BCUT2D eigenvalue weighted by Crippen LogP contribution is -2.30. The Bertz CT molecular complexity index is 1260. The first kappa shape index (κ1) is 23.0. The highest BCUT2D eigenvalue weighted by atomic mass is 16.2. The molecule has 0 saturated carbocycles. The van der Waals surface area contributed by atoms with Crippen molar-refractivity contribution in [3.8, 4) is 0 Å². The molecule has 0 heterocycles. The number of nitrogens with zero attached hydrogens (tertiary/aromatic N) is 1. The third-order valence-corrected chi connectivity index (χ3v) is 5.64. The third kappa shape index (κ3) is 5.99. The van der Waals surface area contributed by atoms with Crippen molar-refractivity contribution in [2.24, 2.45) is 0 Å². The van der Waals surface area contributed by atoms with Crippen LogP contribution in [0.4, 0.5) is 11.4 Å². The molecule has 0 atom stereocenters. The molecule has 4 aromatic rings. The van der Waals surface area contributed by atoms with Crippen molar-refractivity contribution in [2.45, 2.75) is 26.8 Å². The fourth-order valence-electron chi connectivity index (χ4n) is 3.80. The monoisotopic (exact) mass is 448 g/mol. The highest BCUT2D eigenvalue weighted by Gasteiger charge is 2.18. The van der Waals surface area contributed by atoms with Gasteiger partial charge in [0.1, 0.15) is 0 Å². The average molecular weight is 449 g/mol. The van der Waals surface area contributed by atoms with Crippen molar-refractivity contribution >= 4 is 23.2 Å². The fourth-order valence-corrected chi connectivity index (χ4v) is 3.80. The Morgan fingerprint density at radius 2 is 1.38 bits per heavy atom. The van der Waals surface area contributed by atoms with E-state index in [1.165, 1.54) is 5.56 Å². The van der Waals surface area contributed by atoms with Crippen molar-refractivity contribution in [1.82, 2.24) is 0 Å². The second-order valence-corrected chi connectivity index (χ2v) is 8.50. The van der Waals surface area contributed by atoms with Gasteiger partial charge in [-0.3, -0.25) is 9.59 Å². The van der Waals surface area contributed by atoms with Crippen LogP contribution in [0.2, 0.25) is 0 Å². The maximum Gasteiger partial charge on any atom is 0.258 e. The maximum atomic E-state index is 13.4. The SMILES string of the molecule is Cc1ccc(CN(C(=O)c2ccccc2)c2ccc(CC(=O)Nc3cccc(C)c3)cc2)cc1. The van der Waals surface area contributed by atoms with Crippen molar-refractivity contribution in [1.29, 1.82) is 0 Å². The molecular formula is C30H28N2O2. The zero-order chi connectivity index (χ0) is 23.9. The average Bonchev–Trinajstić information content (AvgIpc) is 2.84. The molecule has 4 rings (SSSR count). The van der Waals surface area contributed by atoms with Gasteiger partial charge >= 0.3 is 0 Å². The highest BCUT2D eigenvalue weighted by molar-refractivity contribution is 6.06. The first-order valence-corrected chi connectivity index (χ1v) is 11.4. The summed E-state index contributed by atoms with van der Waals surface area (Å²) in [4.78, 5) is 27.6. The van der Waals surface area contributed by atoms with Crippen LogP contribution in [0.1, 0.15) is 32.6 Å². The summed E-state index contributed by atoms with van der Waals surface area (Å²) in [5.41, 5.74) is 6.43. The Labute approximate surface area is 200 Å². The molecule has 0 bridgehead atoms. The number of benzene rings is 4. The van der Waals surface area contributed by atoms with Crippen LogP contribution in [0.15, 0.2) is 103 Å². The summed E-state index contributed by atoms with van der Waals surface area (Å²) in [6, 6.07) is 32.9. The summed E-state index contributed by atoms with van der Waals surface area (Å²) in [6.07, 6.45) is 0.263. The molecule has 4 nitrogen and oxygen atoms in total. The number of carbonyl (C=O) groups excluding carboxylic acids is 2. The number of carbonyl (C=O) groups is 2. The molecule has 0 radical (unpaired) electrons. The minimum absolute atomic E-state index is 0.0638. The van der Waals surface area contributed by atoms with E-state index in [9.17, 15) is 9.59 Å². The quantitative estimate of drug-likeness (QED) is 0.359. The van der Waals surface area contributed by atoms with Crippen LogP contribution >= 0.6 is 0 Å². The molecule has 170 valence electrons. The van der Waals surface area contributed by atoms with Crippen LogP contribution in [0, 0.1) is 13.8 Å². The number of amides is 2. The summed E-state index contributed by atoms with van der Waals surface area (Å²) in [5, 5.41) is 2.94. The van der Waals surface area contributed by atoms with Gasteiger partial charge in [-0.25, -0.2) is 0 Å². The molecule has 0 saturated heterocycles. The topological polar surface area (TPSA) is 49.4 Å². The molecule has 4 heteroatoms. The molecule has 0 spiro atoms. The summed E-state index contributed by atoms with van der Waals surface area (Å²) >= 11 is 0. The van der Waals surface area contributed by atoms with Gasteiger partial charge in [0.2, 0.25) is 5.91 Å². The van der Waals surface area contributed by atoms with E-state index in [-0.39, 0.29) is 18.2 Å². The maximum absolute atomic E-state index is 13.4. The van der Waals surface area contributed by atoms with Gasteiger partial charge in [0.25, 0.3) is 5.91 Å². The number of hydrogen-bond donors (Lipinski definition) is 1. The van der Waals surface area contributed by atoms with E-state index in [1.807, 2.05) is 105 Å². The highest BCUT2D eigenvalue weighted by Crippen LogP contribution is 2.22. The van der Waals surface area contributed by atoms with Crippen molar-refractivity contribution < 1.29 is 9.59 Å². The van der Waals surface area contributed by atoms with Gasteiger partial charge < -0.3 is 10.2 Å². The standard InChI is InChI=1S/C30H28N2O2/c1-22-11-13-25(14-12-22)21-32(30(34)26-8-4-3-5-9-26)28-17-15-24(16-18-28)20-29(33)31-27-10-6-7-23(2)19-27/h3-19H,20-21H2,1-2H3,(H,31,33). The predicted octanol–water partition coefficient (Wildman–Crippen LogP) is 6.33. The summed E-state index contributed by atoms with van der Waals surface area (Å²) in [7, 11) is 0. The van der Waals surface area contributed by atoms with Gasteiger partial charge in [0, 0.05) is 16.9 Å². The normalized spacial score (nSPS) is 10.5. The number of anilines is 2. The van der Waals surface area contributed by atoms with Crippen molar-refractivity contribution in [2.75, 3.05) is 10.2 Å². The lowest BCUT2D eigenvalue weighted by molar-refractivity contribution is -0.115. The number of aryl methyl sites for hydroxylation is 2. The molecular weight excluding hydrogens is 420 g/mol. The summed E-state index contributed by atoms with van der Waals surface area (Å²) in [6.45, 7) is 4.50. The third-order valence-electron chi connectivity index (χ3n) is 5.64. The number of nitrogens with one attached hydrogen (secondary N) is 1. The van der Waals surface area contributed by atoms with Crippen molar-refractivity contribution in [3.05, 3.63) is 131 Å². The molecule has 0 aliphatic rings. The molecule has 4 aromatic carbocycles. The van der Waals surface area contributed by atoms with E-state index < -0.39 is 0 Å². The van der Waals surface area contributed by atoms with Gasteiger partial charge in [-0.1, -0.05) is 72.3 Å². The van der Waals surface area contributed by atoms with E-state index in [4.69, 9.17) is 0 Å². The van der Waals surface area contributed by atoms with Gasteiger partial charge in [-0.15, -0.1) is 0 Å². The van der Waals surface area contributed by atoms with Crippen LogP contribution in [0.3, 0.4) is 0 Å². The number of rotatable bonds is 7. The molecule has 2 amide bonds. The Hall–Kier alpha value is -4.18. The smallest absolute Gasteiger partial charge is 0.258 e. The second-order valence-electron chi connectivity index (χ2n) is 8.50. The second kappa shape index (κ2) is 10.6. The molecule has 0 aromatic heterocycles. The van der Waals surface area contributed by atoms with Crippen molar-refractivity contribution in [3.63, 3.8) is 0 Å². The minimum atomic E-state index is -0.0739. The van der Waals surface area contributed by atoms with Gasteiger partial charge in [0.05, 0.1) is 13.0 Å². The first-order chi connectivity index (χ1) is 16.5. The lowest BCUT2D eigenvalue weighted by atomic mass is 10.1. The lowest BCUT2D eigenvalue weighted by Gasteiger charge is -2.23. The molecule has 0 aliphatic heterocycles. The van der Waals surface area contributed by atoms with Crippen LogP contribution in [0.5, 0.6) is 0 Å². The van der Waals surface area contributed by atoms with Crippen LogP contribution in [-0.2, 0) is 17.8 Å². The Kier molecular flexibility index (Phi) is 7.19. The number of hydrogen-bond acceptors (Lipinski definition) is 2. The molecule has 0 fully saturated rings. The van der Waals surface area contributed by atoms with E-state index in [0.717, 1.165) is 28.1 Å². The largest absolute Gasteiger partial charge is 0.326 e. The van der Waals surface area contributed by atoms with E-state index >= 15 is 0 Å². The van der Waals surface area contributed by atoms with Gasteiger partial charge in [-0.05, 0) is 66.9 Å². The van der Waals surface area contributed by atoms with Gasteiger partial charge in [0.15, 0.2) is 0 Å². The Balaban J connectivity index is 1.52. The summed E-state index contributed by atoms with van der Waals surface area (Å²) < 4.78 is 0. The predicted molar refractivity (Wildman–Crippen MR) is 138 cm³/mol. The Morgan fingerprint density at radius 3 is 2.06 bits per heavy atom. The van der Waals surface area contributed by atoms with E-state index in [0.29, 0.717) is 12.1 Å². The molecule has 0 aliphatic carbocycles. The summed E-state index contributed by atoms with van der Waals surface area (Å²) in [5.74, 6) is -0.138. The van der Waals surface area contributed by atoms with E-state index in [1.54, 1.807) is 4.90 Å². The van der Waals surface area contributed by atoms with Crippen LogP contribution in [-0.4, -0.2) is 11.8 Å². The minimum Gasteiger partial charge on any atom is -0.326 e. The molecule has 34 heavy (non-hydrogen) atoms. The zero-order valence-corrected chi connectivity index (χ0v) is 19.5. The molecule has 1 N–H and O–H groups in total. The Morgan fingerprint density at radius 1 is 0.706 bits per heavy atom. The van der Waals surface area contributed by atoms with Gasteiger partial charge in [-0.2, -0.15) is 0 Å². The van der Waals surface area contributed by atoms with Crippen LogP contribution < -0.4 is 10.2 Å². The zero-order valence-electron chi connectivity index (χ0n) is 19.5. The van der Waals surface area contributed by atoms with Crippen LogP contribution in [0.25, 0.3) is 0 Å². The first-order valence-electron chi connectivity index (χ1n) is 11.4. The fraction of sp³-hybridized carbons (Fsp3) is 0.133.